The fraction of sp³-hybridized carbons (Fsp3) is 0.227. The number of amides is 1. The van der Waals surface area contributed by atoms with Crippen molar-refractivity contribution in [2.75, 3.05) is 30.4 Å². The Bertz CT molecular complexity index is 898. The SMILES string of the molecule is CCOc1ccc(NC(=O)c2cncc(N(C)CCc3ccncc3)c2)cc1. The van der Waals surface area contributed by atoms with Gasteiger partial charge in [-0.25, -0.2) is 0 Å². The Balaban J connectivity index is 1.62. The van der Waals surface area contributed by atoms with Crippen LogP contribution >= 0.6 is 0 Å². The number of hydrogen-bond acceptors (Lipinski definition) is 5. The molecule has 28 heavy (non-hydrogen) atoms. The molecule has 0 aliphatic heterocycles. The summed E-state index contributed by atoms with van der Waals surface area (Å²) in [6, 6.07) is 13.2. The van der Waals surface area contributed by atoms with Gasteiger partial charge in [0.2, 0.25) is 0 Å². The molecule has 3 aromatic rings. The first-order valence-corrected chi connectivity index (χ1v) is 9.25. The van der Waals surface area contributed by atoms with E-state index in [-0.39, 0.29) is 5.91 Å². The molecular weight excluding hydrogens is 352 g/mol. The number of likely N-dealkylation sites (N-methyl/N-ethyl adjacent to an activating group) is 1. The number of pyridine rings is 2. The average molecular weight is 376 g/mol. The molecular formula is C22H24N4O2. The third-order valence-corrected chi connectivity index (χ3v) is 4.34. The van der Waals surface area contributed by atoms with Crippen molar-refractivity contribution in [2.45, 2.75) is 13.3 Å². The molecule has 0 aliphatic carbocycles. The minimum Gasteiger partial charge on any atom is -0.494 e. The topological polar surface area (TPSA) is 67.3 Å². The number of carbonyl (C=O) groups excluding carboxylic acids is 1. The average Bonchev–Trinajstić information content (AvgIpc) is 2.74. The quantitative estimate of drug-likeness (QED) is 0.648. The van der Waals surface area contributed by atoms with Crippen LogP contribution in [0.5, 0.6) is 5.75 Å². The molecule has 0 fully saturated rings. The van der Waals surface area contributed by atoms with Gasteiger partial charge in [-0.3, -0.25) is 14.8 Å². The summed E-state index contributed by atoms with van der Waals surface area (Å²) < 4.78 is 5.42. The van der Waals surface area contributed by atoms with Crippen molar-refractivity contribution >= 4 is 17.3 Å². The van der Waals surface area contributed by atoms with E-state index in [2.05, 4.69) is 20.2 Å². The van der Waals surface area contributed by atoms with Crippen LogP contribution in [-0.2, 0) is 6.42 Å². The van der Waals surface area contributed by atoms with Crippen LogP contribution in [0.25, 0.3) is 0 Å². The van der Waals surface area contributed by atoms with Crippen LogP contribution in [0.15, 0.2) is 67.3 Å². The van der Waals surface area contributed by atoms with Gasteiger partial charge in [0, 0.05) is 37.9 Å². The van der Waals surface area contributed by atoms with Gasteiger partial charge in [-0.05, 0) is 61.4 Å². The number of aromatic nitrogens is 2. The van der Waals surface area contributed by atoms with E-state index in [9.17, 15) is 4.79 Å². The summed E-state index contributed by atoms with van der Waals surface area (Å²) >= 11 is 0. The van der Waals surface area contributed by atoms with Gasteiger partial charge >= 0.3 is 0 Å². The summed E-state index contributed by atoms with van der Waals surface area (Å²) in [7, 11) is 1.99. The van der Waals surface area contributed by atoms with Crippen molar-refractivity contribution in [2.24, 2.45) is 0 Å². The lowest BCUT2D eigenvalue weighted by Gasteiger charge is -2.19. The Morgan fingerprint density at radius 3 is 2.54 bits per heavy atom. The van der Waals surface area contributed by atoms with E-state index in [1.807, 2.05) is 56.4 Å². The van der Waals surface area contributed by atoms with Crippen LogP contribution in [-0.4, -0.2) is 36.1 Å². The second kappa shape index (κ2) is 9.50. The summed E-state index contributed by atoms with van der Waals surface area (Å²) in [6.07, 6.45) is 7.82. The molecule has 3 rings (SSSR count). The van der Waals surface area contributed by atoms with Gasteiger partial charge in [0.25, 0.3) is 5.91 Å². The van der Waals surface area contributed by atoms with E-state index < -0.39 is 0 Å². The Morgan fingerprint density at radius 2 is 1.82 bits per heavy atom. The second-order valence-electron chi connectivity index (χ2n) is 6.37. The zero-order valence-electron chi connectivity index (χ0n) is 16.1. The lowest BCUT2D eigenvalue weighted by Crippen LogP contribution is -2.21. The maximum atomic E-state index is 12.6. The van der Waals surface area contributed by atoms with Crippen LogP contribution in [0, 0.1) is 0 Å². The van der Waals surface area contributed by atoms with Gasteiger partial charge in [-0.1, -0.05) is 0 Å². The molecule has 6 heteroatoms. The van der Waals surface area contributed by atoms with Gasteiger partial charge in [0.05, 0.1) is 24.1 Å². The first-order valence-electron chi connectivity index (χ1n) is 9.25. The normalized spacial score (nSPS) is 10.4. The first kappa shape index (κ1) is 19.4. The Labute approximate surface area is 165 Å². The van der Waals surface area contributed by atoms with Crippen molar-refractivity contribution in [1.82, 2.24) is 9.97 Å². The fourth-order valence-corrected chi connectivity index (χ4v) is 2.74. The Morgan fingerprint density at radius 1 is 1.07 bits per heavy atom. The first-order chi connectivity index (χ1) is 13.7. The highest BCUT2D eigenvalue weighted by molar-refractivity contribution is 6.04. The molecule has 1 amide bonds. The molecule has 2 heterocycles. The van der Waals surface area contributed by atoms with Crippen molar-refractivity contribution < 1.29 is 9.53 Å². The van der Waals surface area contributed by atoms with Crippen molar-refractivity contribution in [3.63, 3.8) is 0 Å². The highest BCUT2D eigenvalue weighted by Gasteiger charge is 2.10. The minimum atomic E-state index is -0.193. The van der Waals surface area contributed by atoms with Crippen LogP contribution < -0.4 is 15.0 Å². The number of rotatable bonds is 8. The second-order valence-corrected chi connectivity index (χ2v) is 6.37. The molecule has 0 bridgehead atoms. The third kappa shape index (κ3) is 5.30. The maximum Gasteiger partial charge on any atom is 0.257 e. The summed E-state index contributed by atoms with van der Waals surface area (Å²) in [4.78, 5) is 22.9. The molecule has 0 unspecified atom stereocenters. The number of nitrogens with one attached hydrogen (secondary N) is 1. The van der Waals surface area contributed by atoms with E-state index in [0.717, 1.165) is 24.4 Å². The van der Waals surface area contributed by atoms with Crippen LogP contribution in [0.4, 0.5) is 11.4 Å². The van der Waals surface area contributed by atoms with Crippen molar-refractivity contribution in [3.05, 3.63) is 78.4 Å². The van der Waals surface area contributed by atoms with Gasteiger partial charge in [0.1, 0.15) is 5.75 Å². The fourth-order valence-electron chi connectivity index (χ4n) is 2.74. The number of ether oxygens (including phenoxy) is 1. The summed E-state index contributed by atoms with van der Waals surface area (Å²) in [5.74, 6) is 0.584. The molecule has 0 saturated carbocycles. The molecule has 2 aromatic heterocycles. The number of benzene rings is 1. The zero-order chi connectivity index (χ0) is 19.8. The highest BCUT2D eigenvalue weighted by atomic mass is 16.5. The Hall–Kier alpha value is -3.41. The maximum absolute atomic E-state index is 12.6. The smallest absolute Gasteiger partial charge is 0.257 e. The molecule has 0 spiro atoms. The molecule has 1 N–H and O–H groups in total. The van der Waals surface area contributed by atoms with Gasteiger partial charge < -0.3 is 15.0 Å². The largest absolute Gasteiger partial charge is 0.494 e. The van der Waals surface area contributed by atoms with E-state index in [0.29, 0.717) is 17.9 Å². The van der Waals surface area contributed by atoms with E-state index >= 15 is 0 Å². The Kier molecular flexibility index (Phi) is 6.57. The van der Waals surface area contributed by atoms with E-state index in [4.69, 9.17) is 4.74 Å². The van der Waals surface area contributed by atoms with E-state index in [1.165, 1.54) is 5.56 Å². The zero-order valence-corrected chi connectivity index (χ0v) is 16.1. The number of hydrogen-bond donors (Lipinski definition) is 1. The monoisotopic (exact) mass is 376 g/mol. The number of anilines is 2. The standard InChI is InChI=1S/C22H24N4O2/c1-3-28-21-6-4-19(5-7-21)25-22(27)18-14-20(16-24-15-18)26(2)13-10-17-8-11-23-12-9-17/h4-9,11-12,14-16H,3,10,13H2,1-2H3,(H,25,27). The number of carbonyl (C=O) groups is 1. The summed E-state index contributed by atoms with van der Waals surface area (Å²) in [5.41, 5.74) is 3.35. The molecule has 0 saturated heterocycles. The van der Waals surface area contributed by atoms with Crippen LogP contribution in [0.3, 0.4) is 0 Å². The molecule has 0 atom stereocenters. The van der Waals surface area contributed by atoms with Crippen molar-refractivity contribution in [1.29, 1.82) is 0 Å². The predicted molar refractivity (Wildman–Crippen MR) is 111 cm³/mol. The molecule has 144 valence electrons. The minimum absolute atomic E-state index is 0.193. The van der Waals surface area contributed by atoms with Crippen molar-refractivity contribution in [3.8, 4) is 5.75 Å². The van der Waals surface area contributed by atoms with E-state index in [1.54, 1.807) is 24.8 Å². The molecule has 0 aliphatic rings. The van der Waals surface area contributed by atoms with Gasteiger partial charge in [0.15, 0.2) is 0 Å². The van der Waals surface area contributed by atoms with Gasteiger partial charge in [-0.15, -0.1) is 0 Å². The molecule has 6 nitrogen and oxygen atoms in total. The molecule has 0 radical (unpaired) electrons. The third-order valence-electron chi connectivity index (χ3n) is 4.34. The highest BCUT2D eigenvalue weighted by Crippen LogP contribution is 2.18. The lowest BCUT2D eigenvalue weighted by atomic mass is 10.2. The number of nitrogens with zero attached hydrogens (tertiary/aromatic N) is 3. The van der Waals surface area contributed by atoms with Gasteiger partial charge in [-0.2, -0.15) is 0 Å². The summed E-state index contributed by atoms with van der Waals surface area (Å²) in [6.45, 7) is 3.36. The molecule has 1 aromatic carbocycles. The van der Waals surface area contributed by atoms with Crippen LogP contribution in [0.1, 0.15) is 22.8 Å². The lowest BCUT2D eigenvalue weighted by molar-refractivity contribution is 0.102. The summed E-state index contributed by atoms with van der Waals surface area (Å²) in [5, 5.41) is 2.89. The predicted octanol–water partition coefficient (Wildman–Crippen LogP) is 3.81. The van der Waals surface area contributed by atoms with Crippen LogP contribution in [0.2, 0.25) is 0 Å².